The topological polar surface area (TPSA) is 48.4 Å². The lowest BCUT2D eigenvalue weighted by molar-refractivity contribution is 0.0912. The maximum Gasteiger partial charge on any atom is 0.177 e. The molecule has 0 N–H and O–H groups in total. The maximum atomic E-state index is 13.0. The third kappa shape index (κ3) is 1.90. The molecule has 1 atom stereocenters. The highest BCUT2D eigenvalue weighted by Crippen LogP contribution is 2.46. The summed E-state index contributed by atoms with van der Waals surface area (Å²) in [5, 5.41) is 0. The molecule has 0 radical (unpaired) electrons. The number of ether oxygens (including phenoxy) is 2. The Labute approximate surface area is 123 Å². The highest BCUT2D eigenvalue weighted by molar-refractivity contribution is 6.10. The van der Waals surface area contributed by atoms with Crippen LogP contribution in [0.2, 0.25) is 0 Å². The van der Waals surface area contributed by atoms with Gasteiger partial charge in [0.2, 0.25) is 0 Å². The minimum Gasteiger partial charge on any atom is -0.493 e. The van der Waals surface area contributed by atoms with Gasteiger partial charge in [-0.2, -0.15) is 0 Å². The lowest BCUT2D eigenvalue weighted by atomic mass is 9.79. The quantitative estimate of drug-likeness (QED) is 0.869. The van der Waals surface area contributed by atoms with Gasteiger partial charge in [0.25, 0.3) is 0 Å². The Morgan fingerprint density at radius 1 is 1.10 bits per heavy atom. The Morgan fingerprint density at radius 2 is 1.81 bits per heavy atom. The summed E-state index contributed by atoms with van der Waals surface area (Å²) in [5.41, 5.74) is 2.03. The zero-order valence-electron chi connectivity index (χ0n) is 12.3. The molecule has 3 rings (SSSR count). The van der Waals surface area contributed by atoms with Crippen molar-refractivity contribution in [1.82, 2.24) is 4.98 Å². The van der Waals surface area contributed by atoms with Crippen LogP contribution in [0, 0.1) is 0 Å². The number of hydrogen-bond acceptors (Lipinski definition) is 4. The Bertz CT molecular complexity index is 697. The highest BCUT2D eigenvalue weighted by atomic mass is 16.5. The van der Waals surface area contributed by atoms with Crippen LogP contribution >= 0.6 is 0 Å². The molecule has 108 valence electrons. The van der Waals surface area contributed by atoms with Crippen LogP contribution in [0.15, 0.2) is 36.7 Å². The molecule has 21 heavy (non-hydrogen) atoms. The average molecular weight is 283 g/mol. The number of fused-ring (bicyclic) bond motifs is 1. The molecule has 4 nitrogen and oxygen atoms in total. The van der Waals surface area contributed by atoms with E-state index in [0.29, 0.717) is 23.5 Å². The average Bonchev–Trinajstić information content (AvgIpc) is 2.80. The van der Waals surface area contributed by atoms with Crippen LogP contribution in [0.25, 0.3) is 0 Å². The molecule has 0 saturated heterocycles. The van der Waals surface area contributed by atoms with Gasteiger partial charge in [-0.3, -0.25) is 9.78 Å². The fraction of sp³-hybridized carbons (Fsp3) is 0.294. The number of methoxy groups -OCH3 is 2. The lowest BCUT2D eigenvalue weighted by Gasteiger charge is -2.22. The second-order valence-electron chi connectivity index (χ2n) is 5.41. The van der Waals surface area contributed by atoms with Crippen LogP contribution in [0.1, 0.15) is 28.4 Å². The zero-order valence-corrected chi connectivity index (χ0v) is 12.3. The van der Waals surface area contributed by atoms with Crippen LogP contribution in [0.4, 0.5) is 0 Å². The maximum absolute atomic E-state index is 13.0. The molecule has 0 amide bonds. The molecule has 1 aromatic heterocycles. The van der Waals surface area contributed by atoms with Gasteiger partial charge in [-0.25, -0.2) is 0 Å². The molecular formula is C17H17NO3. The van der Waals surface area contributed by atoms with Crippen molar-refractivity contribution in [2.24, 2.45) is 0 Å². The van der Waals surface area contributed by atoms with Crippen molar-refractivity contribution in [1.29, 1.82) is 0 Å². The molecule has 0 saturated carbocycles. The van der Waals surface area contributed by atoms with E-state index < -0.39 is 5.41 Å². The van der Waals surface area contributed by atoms with Crippen LogP contribution in [0.3, 0.4) is 0 Å². The smallest absolute Gasteiger partial charge is 0.177 e. The molecule has 1 aliphatic carbocycles. The van der Waals surface area contributed by atoms with Gasteiger partial charge in [0.1, 0.15) is 0 Å². The second kappa shape index (κ2) is 4.88. The van der Waals surface area contributed by atoms with Crippen LogP contribution in [-0.4, -0.2) is 25.0 Å². The van der Waals surface area contributed by atoms with Crippen molar-refractivity contribution < 1.29 is 14.3 Å². The fourth-order valence-corrected chi connectivity index (χ4v) is 3.05. The van der Waals surface area contributed by atoms with Crippen molar-refractivity contribution in [3.63, 3.8) is 0 Å². The first-order chi connectivity index (χ1) is 10.1. The van der Waals surface area contributed by atoms with Crippen LogP contribution in [-0.2, 0) is 11.8 Å². The molecule has 2 aromatic rings. The minimum absolute atomic E-state index is 0.0689. The molecule has 0 aliphatic heterocycles. The molecule has 0 spiro atoms. The Kier molecular flexibility index (Phi) is 3.16. The van der Waals surface area contributed by atoms with Gasteiger partial charge in [-0.15, -0.1) is 0 Å². The highest BCUT2D eigenvalue weighted by Gasteiger charge is 2.45. The van der Waals surface area contributed by atoms with Gasteiger partial charge >= 0.3 is 0 Å². The minimum atomic E-state index is -0.578. The monoisotopic (exact) mass is 283 g/mol. The van der Waals surface area contributed by atoms with E-state index in [2.05, 4.69) is 4.98 Å². The molecule has 0 fully saturated rings. The van der Waals surface area contributed by atoms with Crippen molar-refractivity contribution in [3.05, 3.63) is 53.3 Å². The predicted octanol–water partition coefficient (Wildman–Crippen LogP) is 2.80. The molecular weight excluding hydrogens is 266 g/mol. The van der Waals surface area contributed by atoms with Gasteiger partial charge in [0.05, 0.1) is 25.2 Å². The summed E-state index contributed by atoms with van der Waals surface area (Å²) in [6, 6.07) is 7.59. The summed E-state index contributed by atoms with van der Waals surface area (Å²) < 4.78 is 10.7. The van der Waals surface area contributed by atoms with Crippen LogP contribution < -0.4 is 9.47 Å². The summed E-state index contributed by atoms with van der Waals surface area (Å²) >= 11 is 0. The SMILES string of the molecule is COc1ccc2c(c1OC)C(=O)C(C)(c1ccncc1)C2. The molecule has 1 aromatic carbocycles. The standard InChI is InChI=1S/C17H17NO3/c1-17(12-6-8-18-9-7-12)10-11-4-5-13(20-2)15(21-3)14(11)16(17)19/h4-9H,10H2,1-3H3. The number of benzene rings is 1. The van der Waals surface area contributed by atoms with Crippen LogP contribution in [0.5, 0.6) is 11.5 Å². The Morgan fingerprint density at radius 3 is 2.43 bits per heavy atom. The summed E-state index contributed by atoms with van der Waals surface area (Å²) in [5.74, 6) is 1.18. The Hall–Kier alpha value is -2.36. The van der Waals surface area contributed by atoms with Gasteiger partial charge in [0.15, 0.2) is 17.3 Å². The number of nitrogens with zero attached hydrogens (tertiary/aromatic N) is 1. The number of rotatable bonds is 3. The normalized spacial score (nSPS) is 20.2. The number of carbonyl (C=O) groups is 1. The fourth-order valence-electron chi connectivity index (χ4n) is 3.05. The number of hydrogen-bond donors (Lipinski definition) is 0. The number of ketones is 1. The Balaban J connectivity index is 2.15. The van der Waals surface area contributed by atoms with Crippen molar-refractivity contribution in [3.8, 4) is 11.5 Å². The zero-order chi connectivity index (χ0) is 15.0. The second-order valence-corrected chi connectivity index (χ2v) is 5.41. The van der Waals surface area contributed by atoms with Crippen molar-refractivity contribution in [2.75, 3.05) is 14.2 Å². The molecule has 1 unspecified atom stereocenters. The van der Waals surface area contributed by atoms with E-state index in [1.54, 1.807) is 26.6 Å². The van der Waals surface area contributed by atoms with E-state index in [4.69, 9.17) is 9.47 Å². The lowest BCUT2D eigenvalue weighted by Crippen LogP contribution is -2.29. The first kappa shape index (κ1) is 13.6. The first-order valence-corrected chi connectivity index (χ1v) is 6.81. The summed E-state index contributed by atoms with van der Waals surface area (Å²) in [6.07, 6.45) is 4.09. The number of pyridine rings is 1. The van der Waals surface area contributed by atoms with E-state index >= 15 is 0 Å². The molecule has 0 bridgehead atoms. The third-order valence-corrected chi connectivity index (χ3v) is 4.22. The number of carbonyl (C=O) groups excluding carboxylic acids is 1. The third-order valence-electron chi connectivity index (χ3n) is 4.22. The van der Waals surface area contributed by atoms with Crippen molar-refractivity contribution in [2.45, 2.75) is 18.8 Å². The summed E-state index contributed by atoms with van der Waals surface area (Å²) in [6.45, 7) is 1.97. The summed E-state index contributed by atoms with van der Waals surface area (Å²) in [4.78, 5) is 17.0. The predicted molar refractivity (Wildman–Crippen MR) is 79.2 cm³/mol. The van der Waals surface area contributed by atoms with Gasteiger partial charge < -0.3 is 9.47 Å². The van der Waals surface area contributed by atoms with E-state index in [-0.39, 0.29) is 5.78 Å². The number of Topliss-reactive ketones (excluding diaryl/α,β-unsaturated/α-hetero) is 1. The van der Waals surface area contributed by atoms with Gasteiger partial charge in [-0.1, -0.05) is 6.07 Å². The van der Waals surface area contributed by atoms with E-state index in [9.17, 15) is 4.79 Å². The number of aromatic nitrogens is 1. The largest absolute Gasteiger partial charge is 0.493 e. The van der Waals surface area contributed by atoms with E-state index in [1.807, 2.05) is 31.2 Å². The van der Waals surface area contributed by atoms with Crippen molar-refractivity contribution >= 4 is 5.78 Å². The van der Waals surface area contributed by atoms with E-state index in [0.717, 1.165) is 11.1 Å². The van der Waals surface area contributed by atoms with Gasteiger partial charge in [0, 0.05) is 12.4 Å². The first-order valence-electron chi connectivity index (χ1n) is 6.81. The molecule has 1 aliphatic rings. The van der Waals surface area contributed by atoms with E-state index in [1.165, 1.54) is 0 Å². The summed E-state index contributed by atoms with van der Waals surface area (Å²) in [7, 11) is 3.14. The molecule has 4 heteroatoms. The molecule has 1 heterocycles. The van der Waals surface area contributed by atoms with Gasteiger partial charge in [-0.05, 0) is 42.7 Å².